The third kappa shape index (κ3) is 3.90. The summed E-state index contributed by atoms with van der Waals surface area (Å²) in [5.41, 5.74) is -0.292. The smallest absolute Gasteiger partial charge is 0.321 e. The van der Waals surface area contributed by atoms with Crippen LogP contribution >= 0.6 is 0 Å². The molecule has 0 saturated carbocycles. The zero-order valence-electron chi connectivity index (χ0n) is 10.5. The van der Waals surface area contributed by atoms with E-state index >= 15 is 0 Å². The Hall–Kier alpha value is -2.18. The SMILES string of the molecule is CC(CN(C)C(=O)Nc1cccc(F)c1F)C(=O)O. The molecule has 0 aromatic heterocycles. The van der Waals surface area contributed by atoms with Gasteiger partial charge in [-0.15, -0.1) is 0 Å². The summed E-state index contributed by atoms with van der Waals surface area (Å²) in [6.45, 7) is 1.40. The fourth-order valence-electron chi connectivity index (χ4n) is 1.38. The predicted molar refractivity (Wildman–Crippen MR) is 64.8 cm³/mol. The van der Waals surface area contributed by atoms with Gasteiger partial charge in [0, 0.05) is 13.6 Å². The minimum atomic E-state index is -1.16. The Morgan fingerprint density at radius 1 is 1.42 bits per heavy atom. The molecule has 0 fully saturated rings. The van der Waals surface area contributed by atoms with Crippen LogP contribution in [-0.4, -0.2) is 35.6 Å². The van der Waals surface area contributed by atoms with Crippen LogP contribution in [0.4, 0.5) is 19.3 Å². The first-order valence-corrected chi connectivity index (χ1v) is 5.52. The Bertz CT molecular complexity index is 494. The van der Waals surface area contributed by atoms with Crippen LogP contribution in [0.3, 0.4) is 0 Å². The second-order valence-corrected chi connectivity index (χ2v) is 4.15. The molecular weight excluding hydrogens is 258 g/mol. The van der Waals surface area contributed by atoms with Crippen molar-refractivity contribution in [3.63, 3.8) is 0 Å². The number of hydrogen-bond acceptors (Lipinski definition) is 2. The largest absolute Gasteiger partial charge is 0.481 e. The van der Waals surface area contributed by atoms with Gasteiger partial charge in [0.1, 0.15) is 0 Å². The maximum absolute atomic E-state index is 13.3. The zero-order chi connectivity index (χ0) is 14.6. The van der Waals surface area contributed by atoms with E-state index in [1.807, 2.05) is 0 Å². The van der Waals surface area contributed by atoms with Crippen molar-refractivity contribution in [2.75, 3.05) is 18.9 Å². The lowest BCUT2D eigenvalue weighted by atomic mass is 10.2. The molecule has 0 saturated heterocycles. The van der Waals surface area contributed by atoms with Gasteiger partial charge in [0.2, 0.25) is 0 Å². The highest BCUT2D eigenvalue weighted by molar-refractivity contribution is 5.89. The quantitative estimate of drug-likeness (QED) is 0.882. The van der Waals surface area contributed by atoms with Crippen LogP contribution in [0.15, 0.2) is 18.2 Å². The molecule has 0 aliphatic heterocycles. The van der Waals surface area contributed by atoms with Crippen LogP contribution < -0.4 is 5.32 Å². The van der Waals surface area contributed by atoms with Gasteiger partial charge in [-0.05, 0) is 12.1 Å². The normalized spacial score (nSPS) is 11.8. The topological polar surface area (TPSA) is 69.6 Å². The molecule has 0 aliphatic carbocycles. The first-order chi connectivity index (χ1) is 8.82. The number of nitrogens with zero attached hydrogens (tertiary/aromatic N) is 1. The van der Waals surface area contributed by atoms with E-state index in [1.54, 1.807) is 0 Å². The second kappa shape index (κ2) is 6.12. The summed E-state index contributed by atoms with van der Waals surface area (Å²) >= 11 is 0. The Balaban J connectivity index is 2.69. The number of carboxylic acid groups (broad SMARTS) is 1. The molecule has 0 heterocycles. The molecule has 1 aromatic rings. The average molecular weight is 272 g/mol. The van der Waals surface area contributed by atoms with Crippen molar-refractivity contribution in [3.8, 4) is 0 Å². The highest BCUT2D eigenvalue weighted by atomic mass is 19.2. The van der Waals surface area contributed by atoms with Crippen LogP contribution in [0.2, 0.25) is 0 Å². The van der Waals surface area contributed by atoms with Crippen LogP contribution in [0.25, 0.3) is 0 Å². The van der Waals surface area contributed by atoms with E-state index in [0.29, 0.717) is 0 Å². The molecule has 2 N–H and O–H groups in total. The molecular formula is C12H14F2N2O3. The summed E-state index contributed by atoms with van der Waals surface area (Å²) < 4.78 is 26.2. The third-order valence-electron chi connectivity index (χ3n) is 2.51. The summed E-state index contributed by atoms with van der Waals surface area (Å²) in [6, 6.07) is 2.69. The lowest BCUT2D eigenvalue weighted by molar-refractivity contribution is -0.141. The van der Waals surface area contributed by atoms with Crippen molar-refractivity contribution in [1.82, 2.24) is 4.90 Å². The van der Waals surface area contributed by atoms with Crippen molar-refractivity contribution in [3.05, 3.63) is 29.8 Å². The molecule has 1 unspecified atom stereocenters. The molecule has 5 nitrogen and oxygen atoms in total. The van der Waals surface area contributed by atoms with E-state index in [0.717, 1.165) is 11.0 Å². The third-order valence-corrected chi connectivity index (χ3v) is 2.51. The first-order valence-electron chi connectivity index (χ1n) is 5.52. The van der Waals surface area contributed by atoms with Crippen molar-refractivity contribution in [2.45, 2.75) is 6.92 Å². The van der Waals surface area contributed by atoms with Crippen LogP contribution in [0.5, 0.6) is 0 Å². The Labute approximate surface area is 108 Å². The molecule has 1 aromatic carbocycles. The lowest BCUT2D eigenvalue weighted by Crippen LogP contribution is -2.36. The number of carboxylic acids is 1. The summed E-state index contributed by atoms with van der Waals surface area (Å²) in [7, 11) is 1.37. The zero-order valence-corrected chi connectivity index (χ0v) is 10.5. The number of amides is 2. The number of benzene rings is 1. The number of carbonyl (C=O) groups is 2. The van der Waals surface area contributed by atoms with Gasteiger partial charge in [0.15, 0.2) is 11.6 Å². The first kappa shape index (κ1) is 14.9. The van der Waals surface area contributed by atoms with Crippen molar-refractivity contribution < 1.29 is 23.5 Å². The van der Waals surface area contributed by atoms with E-state index in [9.17, 15) is 18.4 Å². The molecule has 0 spiro atoms. The van der Waals surface area contributed by atoms with Crippen LogP contribution in [0, 0.1) is 17.6 Å². The van der Waals surface area contributed by atoms with E-state index in [2.05, 4.69) is 5.32 Å². The van der Waals surface area contributed by atoms with Crippen molar-refractivity contribution in [2.24, 2.45) is 5.92 Å². The van der Waals surface area contributed by atoms with Gasteiger partial charge in [0.05, 0.1) is 11.6 Å². The maximum Gasteiger partial charge on any atom is 0.321 e. The fourth-order valence-corrected chi connectivity index (χ4v) is 1.38. The molecule has 0 radical (unpaired) electrons. The number of urea groups is 1. The van der Waals surface area contributed by atoms with E-state index < -0.39 is 29.6 Å². The summed E-state index contributed by atoms with van der Waals surface area (Å²) in [6.07, 6.45) is 0. The monoisotopic (exact) mass is 272 g/mol. The number of rotatable bonds is 4. The molecule has 104 valence electrons. The molecule has 1 rings (SSSR count). The van der Waals surface area contributed by atoms with Crippen molar-refractivity contribution >= 4 is 17.7 Å². The molecule has 19 heavy (non-hydrogen) atoms. The average Bonchev–Trinajstić information content (AvgIpc) is 2.34. The number of carbonyl (C=O) groups excluding carboxylic acids is 1. The van der Waals surface area contributed by atoms with Gasteiger partial charge in [-0.3, -0.25) is 4.79 Å². The maximum atomic E-state index is 13.3. The van der Waals surface area contributed by atoms with Crippen molar-refractivity contribution in [1.29, 1.82) is 0 Å². The predicted octanol–water partition coefficient (Wildman–Crippen LogP) is 2.15. The van der Waals surface area contributed by atoms with Gasteiger partial charge in [-0.2, -0.15) is 0 Å². The van der Waals surface area contributed by atoms with E-state index in [4.69, 9.17) is 5.11 Å². The van der Waals surface area contributed by atoms with E-state index in [-0.39, 0.29) is 12.2 Å². The van der Waals surface area contributed by atoms with Gasteiger partial charge in [-0.25, -0.2) is 13.6 Å². The number of hydrogen-bond donors (Lipinski definition) is 2. The van der Waals surface area contributed by atoms with Crippen LogP contribution in [-0.2, 0) is 4.79 Å². The van der Waals surface area contributed by atoms with Crippen LogP contribution in [0.1, 0.15) is 6.92 Å². The number of aliphatic carboxylic acids is 1. The van der Waals surface area contributed by atoms with Gasteiger partial charge in [-0.1, -0.05) is 13.0 Å². The molecule has 7 heteroatoms. The fraction of sp³-hybridized carbons (Fsp3) is 0.333. The lowest BCUT2D eigenvalue weighted by Gasteiger charge is -2.20. The molecule has 0 aliphatic rings. The number of halogens is 2. The summed E-state index contributed by atoms with van der Waals surface area (Å²) in [4.78, 5) is 23.4. The molecule has 2 amide bonds. The Kier molecular flexibility index (Phi) is 4.80. The number of nitrogens with one attached hydrogen (secondary N) is 1. The van der Waals surface area contributed by atoms with E-state index in [1.165, 1.54) is 26.1 Å². The van der Waals surface area contributed by atoms with Gasteiger partial charge < -0.3 is 15.3 Å². The highest BCUT2D eigenvalue weighted by Crippen LogP contribution is 2.17. The summed E-state index contributed by atoms with van der Waals surface area (Å²) in [5.74, 6) is -4.03. The highest BCUT2D eigenvalue weighted by Gasteiger charge is 2.18. The number of anilines is 1. The second-order valence-electron chi connectivity index (χ2n) is 4.15. The molecule has 0 bridgehead atoms. The van der Waals surface area contributed by atoms with Gasteiger partial charge >= 0.3 is 12.0 Å². The minimum Gasteiger partial charge on any atom is -0.481 e. The standard InChI is InChI=1S/C12H14F2N2O3/c1-7(11(17)18)6-16(2)12(19)15-9-5-3-4-8(13)10(9)14/h3-5,7H,6H2,1-2H3,(H,15,19)(H,17,18). The Morgan fingerprint density at radius 2 is 2.05 bits per heavy atom. The molecule has 1 atom stereocenters. The minimum absolute atomic E-state index is 0.0436. The van der Waals surface area contributed by atoms with Gasteiger partial charge in [0.25, 0.3) is 0 Å². The Morgan fingerprint density at radius 3 is 2.63 bits per heavy atom. The summed E-state index contributed by atoms with van der Waals surface area (Å²) in [5, 5.41) is 10.9.